The summed E-state index contributed by atoms with van der Waals surface area (Å²) in [6.45, 7) is 4.53. The molecule has 6 nitrogen and oxygen atoms in total. The van der Waals surface area contributed by atoms with Gasteiger partial charge in [-0.25, -0.2) is 0 Å². The molecular weight excluding hydrogens is 334 g/mol. The molecule has 8 heteroatoms. The monoisotopic (exact) mass is 363 g/mol. The Morgan fingerprint density at radius 3 is 2.35 bits per heavy atom. The number of hydrogen-bond acceptors (Lipinski definition) is 4. The normalized spacial score (nSPS) is 14.9. The minimum absolute atomic E-state index is 0.0926. The van der Waals surface area contributed by atoms with Gasteiger partial charge in [-0.15, -0.1) is 0 Å². The molecule has 0 fully saturated rings. The molecule has 3 atom stereocenters. The van der Waals surface area contributed by atoms with Crippen molar-refractivity contribution in [1.82, 2.24) is 0 Å². The van der Waals surface area contributed by atoms with Gasteiger partial charge in [0, 0.05) is 31.5 Å². The first-order valence-corrected chi connectivity index (χ1v) is 11.3. The molecule has 0 bridgehead atoms. The smallest absolute Gasteiger partial charge is 0.385 e. The molecule has 1 aromatic rings. The van der Waals surface area contributed by atoms with E-state index in [1.54, 1.807) is 0 Å². The Hall–Kier alpha value is -0.770. The SMILES string of the molecule is CCC(CCN)[P+](=O)O.CP(=O)(O)CCCNc1ccccc1. The lowest BCUT2D eigenvalue weighted by Gasteiger charge is -2.07. The summed E-state index contributed by atoms with van der Waals surface area (Å²) >= 11 is 0. The Kier molecular flexibility index (Phi) is 12.2. The van der Waals surface area contributed by atoms with Gasteiger partial charge in [0.05, 0.1) is 0 Å². The van der Waals surface area contributed by atoms with E-state index in [0.29, 0.717) is 19.1 Å². The van der Waals surface area contributed by atoms with Crippen LogP contribution in [0.5, 0.6) is 0 Å². The van der Waals surface area contributed by atoms with Gasteiger partial charge in [0.25, 0.3) is 0 Å². The fourth-order valence-electron chi connectivity index (χ4n) is 1.82. The third-order valence-corrected chi connectivity index (χ3v) is 5.53. The van der Waals surface area contributed by atoms with Crippen LogP contribution in [0.2, 0.25) is 0 Å². The first-order valence-electron chi connectivity index (χ1n) is 7.73. The van der Waals surface area contributed by atoms with Crippen LogP contribution in [0, 0.1) is 0 Å². The van der Waals surface area contributed by atoms with Gasteiger partial charge in [-0.05, 0) is 36.1 Å². The van der Waals surface area contributed by atoms with Crippen molar-refractivity contribution in [3.8, 4) is 0 Å². The molecule has 0 aliphatic heterocycles. The zero-order valence-corrected chi connectivity index (χ0v) is 15.7. The molecular formula is C15H29N2O4P2+. The second-order valence-electron chi connectivity index (χ2n) is 5.36. The molecule has 0 spiro atoms. The molecule has 132 valence electrons. The fraction of sp³-hybridized carbons (Fsp3) is 0.600. The molecule has 0 saturated carbocycles. The van der Waals surface area contributed by atoms with Crippen molar-refractivity contribution in [2.75, 3.05) is 31.2 Å². The Labute approximate surface area is 139 Å². The molecule has 1 aromatic carbocycles. The summed E-state index contributed by atoms with van der Waals surface area (Å²) in [5.74, 6) is 0. The highest BCUT2D eigenvalue weighted by Gasteiger charge is 2.25. The predicted molar refractivity (Wildman–Crippen MR) is 97.7 cm³/mol. The Morgan fingerprint density at radius 1 is 1.35 bits per heavy atom. The first kappa shape index (κ1) is 22.2. The van der Waals surface area contributed by atoms with E-state index < -0.39 is 15.4 Å². The van der Waals surface area contributed by atoms with E-state index in [-0.39, 0.29) is 5.66 Å². The van der Waals surface area contributed by atoms with Crippen LogP contribution in [0.3, 0.4) is 0 Å². The van der Waals surface area contributed by atoms with Crippen molar-refractivity contribution in [2.45, 2.75) is 31.8 Å². The maximum Gasteiger partial charge on any atom is 0.508 e. The fourth-order valence-corrected chi connectivity index (χ4v) is 3.25. The first-order chi connectivity index (χ1) is 10.8. The molecule has 0 aliphatic carbocycles. The summed E-state index contributed by atoms with van der Waals surface area (Å²) in [7, 11) is -4.83. The number of rotatable bonds is 9. The third kappa shape index (κ3) is 13.4. The average molecular weight is 363 g/mol. The highest BCUT2D eigenvalue weighted by molar-refractivity contribution is 7.57. The number of nitrogens with two attached hydrogens (primary N) is 1. The number of para-hydroxylation sites is 1. The Bertz CT molecular complexity index is 480. The summed E-state index contributed by atoms with van der Waals surface area (Å²) in [5, 5.41) is 3.18. The second-order valence-corrected chi connectivity index (χ2v) is 9.25. The molecule has 0 saturated heterocycles. The van der Waals surface area contributed by atoms with Gasteiger partial charge < -0.3 is 15.9 Å². The van der Waals surface area contributed by atoms with Gasteiger partial charge in [-0.3, -0.25) is 4.57 Å². The maximum absolute atomic E-state index is 11.0. The lowest BCUT2D eigenvalue weighted by atomic mass is 10.2. The van der Waals surface area contributed by atoms with Crippen LogP contribution in [0.25, 0.3) is 0 Å². The van der Waals surface area contributed by atoms with Crippen LogP contribution >= 0.6 is 15.4 Å². The predicted octanol–water partition coefficient (Wildman–Crippen LogP) is 3.24. The molecule has 0 radical (unpaired) electrons. The van der Waals surface area contributed by atoms with Gasteiger partial charge in [-0.1, -0.05) is 25.1 Å². The average Bonchev–Trinajstić information content (AvgIpc) is 2.49. The van der Waals surface area contributed by atoms with E-state index in [0.717, 1.165) is 25.1 Å². The van der Waals surface area contributed by atoms with Crippen LogP contribution in [0.4, 0.5) is 5.69 Å². The van der Waals surface area contributed by atoms with Crippen molar-refractivity contribution in [2.24, 2.45) is 5.73 Å². The zero-order valence-electron chi connectivity index (χ0n) is 13.9. The standard InChI is InChI=1S/C10H16NO2P.C5H12NO2P/c1-14(12,13)9-5-8-11-10-6-3-2-4-7-10;1-2-5(3-4-6)9(7)8/h2-4,6-7,11H,5,8-9H2,1H3,(H,12,13);5H,2-4,6H2,1H3/p+1. The number of benzene rings is 1. The van der Waals surface area contributed by atoms with Gasteiger partial charge in [0.1, 0.15) is 0 Å². The minimum atomic E-state index is -2.83. The summed E-state index contributed by atoms with van der Waals surface area (Å²) in [4.78, 5) is 17.6. The highest BCUT2D eigenvalue weighted by Crippen LogP contribution is 2.35. The van der Waals surface area contributed by atoms with Crippen LogP contribution in [0.15, 0.2) is 30.3 Å². The van der Waals surface area contributed by atoms with E-state index >= 15 is 0 Å². The maximum atomic E-state index is 11.0. The Balaban J connectivity index is 0.000000468. The molecule has 3 unspecified atom stereocenters. The van der Waals surface area contributed by atoms with Crippen LogP contribution in [0.1, 0.15) is 26.2 Å². The van der Waals surface area contributed by atoms with Crippen molar-refractivity contribution in [1.29, 1.82) is 0 Å². The molecule has 1 rings (SSSR count). The minimum Gasteiger partial charge on any atom is -0.385 e. The topological polar surface area (TPSA) is 113 Å². The van der Waals surface area contributed by atoms with Gasteiger partial charge in [-0.2, -0.15) is 4.89 Å². The lowest BCUT2D eigenvalue weighted by Crippen LogP contribution is -2.09. The van der Waals surface area contributed by atoms with Gasteiger partial charge in [0.15, 0.2) is 13.0 Å². The molecule has 0 aliphatic rings. The Morgan fingerprint density at radius 2 is 1.96 bits per heavy atom. The third-order valence-electron chi connectivity index (χ3n) is 3.14. The van der Waals surface area contributed by atoms with Crippen molar-refractivity contribution in [3.63, 3.8) is 0 Å². The molecule has 23 heavy (non-hydrogen) atoms. The van der Waals surface area contributed by atoms with E-state index in [4.69, 9.17) is 15.5 Å². The van der Waals surface area contributed by atoms with Crippen LogP contribution in [-0.2, 0) is 9.13 Å². The van der Waals surface area contributed by atoms with E-state index in [9.17, 15) is 9.13 Å². The van der Waals surface area contributed by atoms with E-state index in [1.165, 1.54) is 6.66 Å². The summed E-state index contributed by atoms with van der Waals surface area (Å²) in [5.41, 5.74) is 6.16. The number of nitrogens with one attached hydrogen (secondary N) is 1. The number of hydrogen-bond donors (Lipinski definition) is 4. The van der Waals surface area contributed by atoms with Gasteiger partial charge in [0.2, 0.25) is 0 Å². The van der Waals surface area contributed by atoms with E-state index in [2.05, 4.69) is 5.32 Å². The lowest BCUT2D eigenvalue weighted by molar-refractivity contribution is 0.480. The second kappa shape index (κ2) is 12.6. The van der Waals surface area contributed by atoms with Crippen LogP contribution in [-0.4, -0.2) is 41.4 Å². The van der Waals surface area contributed by atoms with Gasteiger partial charge >= 0.3 is 8.03 Å². The van der Waals surface area contributed by atoms with Crippen LogP contribution < -0.4 is 11.1 Å². The van der Waals surface area contributed by atoms with E-state index in [1.807, 2.05) is 37.3 Å². The van der Waals surface area contributed by atoms with Crippen molar-refractivity contribution < 1.29 is 18.9 Å². The molecule has 0 amide bonds. The quantitative estimate of drug-likeness (QED) is 0.396. The molecule has 0 aromatic heterocycles. The zero-order chi connectivity index (χ0) is 17.7. The highest BCUT2D eigenvalue weighted by atomic mass is 31.2. The number of anilines is 1. The van der Waals surface area contributed by atoms with Crippen molar-refractivity contribution >= 4 is 21.1 Å². The van der Waals surface area contributed by atoms with Crippen molar-refractivity contribution in [3.05, 3.63) is 30.3 Å². The molecule has 5 N–H and O–H groups in total. The summed E-state index contributed by atoms with van der Waals surface area (Å²) in [6.07, 6.45) is 2.50. The summed E-state index contributed by atoms with van der Waals surface area (Å²) < 4.78 is 21.4. The largest absolute Gasteiger partial charge is 0.508 e. The summed E-state index contributed by atoms with van der Waals surface area (Å²) in [6, 6.07) is 9.83. The molecule has 0 heterocycles.